The molecule has 0 saturated carbocycles. The third-order valence-corrected chi connectivity index (χ3v) is 3.86. The summed E-state index contributed by atoms with van der Waals surface area (Å²) >= 11 is 0. The molecule has 6 heteroatoms. The van der Waals surface area contributed by atoms with E-state index in [1.165, 1.54) is 24.3 Å². The predicted molar refractivity (Wildman–Crippen MR) is 102 cm³/mol. The molecule has 0 saturated heterocycles. The van der Waals surface area contributed by atoms with E-state index in [0.717, 1.165) is 0 Å². The Kier molecular flexibility index (Phi) is 5.80. The number of anilines is 2. The van der Waals surface area contributed by atoms with E-state index in [4.69, 9.17) is 21.7 Å². The van der Waals surface area contributed by atoms with Gasteiger partial charge in [0.25, 0.3) is 0 Å². The average Bonchev–Trinajstić information content (AvgIpc) is 2.60. The number of aromatic hydroxyl groups is 4. The molecule has 0 fully saturated rings. The minimum absolute atomic E-state index is 0.134. The van der Waals surface area contributed by atoms with E-state index in [-0.39, 0.29) is 23.0 Å². The minimum atomic E-state index is 0.134. The van der Waals surface area contributed by atoms with Crippen LogP contribution in [0.2, 0.25) is 0 Å². The smallest absolute Gasteiger partial charge is 0.122 e. The molecule has 0 aliphatic rings. The normalized spacial score (nSPS) is 10.0. The van der Waals surface area contributed by atoms with Gasteiger partial charge in [0.15, 0.2) is 0 Å². The molecule has 6 nitrogen and oxygen atoms in total. The summed E-state index contributed by atoms with van der Waals surface area (Å²) in [5.41, 5.74) is 14.3. The van der Waals surface area contributed by atoms with Crippen LogP contribution in [0.4, 0.5) is 11.4 Å². The van der Waals surface area contributed by atoms with Crippen LogP contribution in [-0.4, -0.2) is 20.4 Å². The molecular weight excluding hydrogens is 332 g/mol. The van der Waals surface area contributed by atoms with Crippen molar-refractivity contribution in [2.24, 2.45) is 0 Å². The second-order valence-corrected chi connectivity index (χ2v) is 5.87. The first kappa shape index (κ1) is 18.8. The second-order valence-electron chi connectivity index (χ2n) is 5.87. The molecule has 0 spiro atoms. The molecule has 0 radical (unpaired) electrons. The summed E-state index contributed by atoms with van der Waals surface area (Å²) in [6.45, 7) is 1.66. The molecule has 0 heterocycles. The van der Waals surface area contributed by atoms with Crippen molar-refractivity contribution in [3.63, 3.8) is 0 Å². The standard InChI is InChI=1S/C13H14N2O2.C7H8O2/c14-10-1-3-12(16)8(6-10)5-9-7-11(15)2-4-13(9)17;1-5-6(8)3-2-4-7(5)9/h1-4,6-7,16-17H,5,14-15H2;2-4,8-9H,1H3. The van der Waals surface area contributed by atoms with Gasteiger partial charge in [-0.15, -0.1) is 0 Å². The summed E-state index contributed by atoms with van der Waals surface area (Å²) in [5, 5.41) is 37.3. The summed E-state index contributed by atoms with van der Waals surface area (Å²) in [6.07, 6.45) is 0.383. The summed E-state index contributed by atoms with van der Waals surface area (Å²) in [4.78, 5) is 0. The van der Waals surface area contributed by atoms with Gasteiger partial charge in [0.05, 0.1) is 0 Å². The SMILES string of the molecule is Cc1c(O)cccc1O.Nc1ccc(O)c(Cc2cc(N)ccc2O)c1. The van der Waals surface area contributed by atoms with Crippen molar-refractivity contribution in [3.05, 3.63) is 71.3 Å². The van der Waals surface area contributed by atoms with E-state index in [1.807, 2.05) is 0 Å². The Morgan fingerprint density at radius 2 is 1.08 bits per heavy atom. The Balaban J connectivity index is 0.000000228. The Morgan fingerprint density at radius 3 is 1.46 bits per heavy atom. The number of nitrogen functional groups attached to an aromatic ring is 2. The highest BCUT2D eigenvalue weighted by Crippen LogP contribution is 2.28. The zero-order chi connectivity index (χ0) is 19.3. The molecule has 136 valence electrons. The van der Waals surface area contributed by atoms with E-state index in [1.54, 1.807) is 37.3 Å². The van der Waals surface area contributed by atoms with E-state index in [2.05, 4.69) is 0 Å². The van der Waals surface area contributed by atoms with Gasteiger partial charge in [0.1, 0.15) is 23.0 Å². The number of benzene rings is 3. The van der Waals surface area contributed by atoms with Gasteiger partial charge >= 0.3 is 0 Å². The van der Waals surface area contributed by atoms with Crippen molar-refractivity contribution < 1.29 is 20.4 Å². The van der Waals surface area contributed by atoms with E-state index < -0.39 is 0 Å². The van der Waals surface area contributed by atoms with Crippen molar-refractivity contribution in [3.8, 4) is 23.0 Å². The number of hydrogen-bond donors (Lipinski definition) is 6. The highest BCUT2D eigenvalue weighted by atomic mass is 16.3. The van der Waals surface area contributed by atoms with Crippen molar-refractivity contribution in [1.29, 1.82) is 0 Å². The predicted octanol–water partition coefficient (Wildman–Crippen LogP) is 3.26. The molecular formula is C20H22N2O4. The topological polar surface area (TPSA) is 133 Å². The molecule has 3 aromatic rings. The van der Waals surface area contributed by atoms with Gasteiger partial charge in [-0.3, -0.25) is 0 Å². The maximum atomic E-state index is 9.69. The zero-order valence-corrected chi connectivity index (χ0v) is 14.3. The van der Waals surface area contributed by atoms with Crippen LogP contribution >= 0.6 is 0 Å². The highest BCUT2D eigenvalue weighted by Gasteiger charge is 2.07. The summed E-state index contributed by atoms with van der Waals surface area (Å²) < 4.78 is 0. The van der Waals surface area contributed by atoms with Gasteiger partial charge in [-0.2, -0.15) is 0 Å². The second kappa shape index (κ2) is 8.02. The Labute approximate surface area is 151 Å². The number of phenols is 4. The number of hydrogen-bond acceptors (Lipinski definition) is 6. The van der Waals surface area contributed by atoms with Gasteiger partial charge in [-0.05, 0) is 55.5 Å². The van der Waals surface area contributed by atoms with Crippen LogP contribution in [0.25, 0.3) is 0 Å². The lowest BCUT2D eigenvalue weighted by Gasteiger charge is -2.08. The maximum Gasteiger partial charge on any atom is 0.122 e. The van der Waals surface area contributed by atoms with Crippen molar-refractivity contribution >= 4 is 11.4 Å². The van der Waals surface area contributed by atoms with E-state index >= 15 is 0 Å². The molecule has 0 unspecified atom stereocenters. The van der Waals surface area contributed by atoms with Crippen molar-refractivity contribution in [1.82, 2.24) is 0 Å². The minimum Gasteiger partial charge on any atom is -0.508 e. The number of phenolic OH excluding ortho intramolecular Hbond substituents is 4. The van der Waals surface area contributed by atoms with Gasteiger partial charge in [-0.25, -0.2) is 0 Å². The lowest BCUT2D eigenvalue weighted by atomic mass is 10.0. The van der Waals surface area contributed by atoms with Crippen molar-refractivity contribution in [2.45, 2.75) is 13.3 Å². The summed E-state index contributed by atoms with van der Waals surface area (Å²) in [6, 6.07) is 14.3. The number of rotatable bonds is 2. The van der Waals surface area contributed by atoms with Gasteiger partial charge < -0.3 is 31.9 Å². The van der Waals surface area contributed by atoms with Crippen LogP contribution in [0.1, 0.15) is 16.7 Å². The molecule has 0 aliphatic carbocycles. The molecule has 0 bridgehead atoms. The van der Waals surface area contributed by atoms with E-state index in [0.29, 0.717) is 34.5 Å². The average molecular weight is 354 g/mol. The number of nitrogens with two attached hydrogens (primary N) is 2. The summed E-state index contributed by atoms with van der Waals surface area (Å²) in [7, 11) is 0. The summed E-state index contributed by atoms with van der Waals surface area (Å²) in [5.74, 6) is 0.576. The van der Waals surface area contributed by atoms with Crippen LogP contribution < -0.4 is 11.5 Å². The van der Waals surface area contributed by atoms with Gasteiger partial charge in [-0.1, -0.05) is 6.07 Å². The first-order valence-corrected chi connectivity index (χ1v) is 7.90. The molecule has 8 N–H and O–H groups in total. The molecule has 0 aromatic heterocycles. The van der Waals surface area contributed by atoms with Crippen LogP contribution in [0.5, 0.6) is 23.0 Å². The van der Waals surface area contributed by atoms with E-state index in [9.17, 15) is 10.2 Å². The zero-order valence-electron chi connectivity index (χ0n) is 14.3. The van der Waals surface area contributed by atoms with Crippen LogP contribution in [-0.2, 0) is 6.42 Å². The fraction of sp³-hybridized carbons (Fsp3) is 0.100. The lowest BCUT2D eigenvalue weighted by molar-refractivity contribution is 0.443. The Morgan fingerprint density at radius 1 is 0.654 bits per heavy atom. The fourth-order valence-corrected chi connectivity index (χ4v) is 2.31. The van der Waals surface area contributed by atoms with Gasteiger partial charge in [0, 0.05) is 34.5 Å². The molecule has 3 aromatic carbocycles. The molecule has 3 rings (SSSR count). The fourth-order valence-electron chi connectivity index (χ4n) is 2.31. The van der Waals surface area contributed by atoms with Crippen LogP contribution in [0, 0.1) is 6.92 Å². The lowest BCUT2D eigenvalue weighted by Crippen LogP contribution is -1.94. The van der Waals surface area contributed by atoms with Crippen molar-refractivity contribution in [2.75, 3.05) is 11.5 Å². The van der Waals surface area contributed by atoms with Crippen LogP contribution in [0.3, 0.4) is 0 Å². The first-order valence-electron chi connectivity index (χ1n) is 7.90. The third-order valence-electron chi connectivity index (χ3n) is 3.86. The monoisotopic (exact) mass is 354 g/mol. The Bertz CT molecular complexity index is 841. The highest BCUT2D eigenvalue weighted by molar-refractivity contribution is 5.53. The third kappa shape index (κ3) is 4.73. The molecule has 0 amide bonds. The Hall–Kier alpha value is -3.54. The first-order chi connectivity index (χ1) is 12.3. The quantitative estimate of drug-likeness (QED) is 0.309. The maximum absolute atomic E-state index is 9.69. The van der Waals surface area contributed by atoms with Crippen LogP contribution in [0.15, 0.2) is 54.6 Å². The molecule has 0 atom stereocenters. The van der Waals surface area contributed by atoms with Gasteiger partial charge in [0.2, 0.25) is 0 Å². The molecule has 26 heavy (non-hydrogen) atoms. The molecule has 0 aliphatic heterocycles. The largest absolute Gasteiger partial charge is 0.508 e.